The SMILES string of the molecule is Cc1c(CC(=O)O)c(=O)c2cc(F)c(F)c(F)c2n1C. The smallest absolute Gasteiger partial charge is 0.308 e. The van der Waals surface area contributed by atoms with E-state index in [1.54, 1.807) is 0 Å². The Bertz CT molecular complexity index is 796. The Morgan fingerprint density at radius 3 is 2.45 bits per heavy atom. The van der Waals surface area contributed by atoms with Gasteiger partial charge in [-0.05, 0) is 13.0 Å². The van der Waals surface area contributed by atoms with Gasteiger partial charge in [-0.25, -0.2) is 13.2 Å². The molecule has 2 aromatic rings. The van der Waals surface area contributed by atoms with Crippen LogP contribution < -0.4 is 5.43 Å². The minimum Gasteiger partial charge on any atom is -0.481 e. The molecule has 0 bridgehead atoms. The van der Waals surface area contributed by atoms with E-state index < -0.39 is 35.3 Å². The van der Waals surface area contributed by atoms with Crippen molar-refractivity contribution in [3.05, 3.63) is 45.0 Å². The van der Waals surface area contributed by atoms with E-state index in [2.05, 4.69) is 0 Å². The molecule has 0 saturated carbocycles. The largest absolute Gasteiger partial charge is 0.481 e. The Morgan fingerprint density at radius 2 is 1.90 bits per heavy atom. The number of carbonyl (C=O) groups is 1. The van der Waals surface area contributed by atoms with Crippen molar-refractivity contribution in [1.82, 2.24) is 4.57 Å². The van der Waals surface area contributed by atoms with Crippen molar-refractivity contribution < 1.29 is 23.1 Å². The standard InChI is InChI=1S/C13H10F3NO3/c1-5-6(4-9(18)19)13(20)7-3-8(14)10(15)11(16)12(7)17(5)2/h3H,4H2,1-2H3,(H,18,19). The van der Waals surface area contributed by atoms with Gasteiger partial charge in [0.15, 0.2) is 22.9 Å². The van der Waals surface area contributed by atoms with Crippen LogP contribution in [0.5, 0.6) is 0 Å². The lowest BCUT2D eigenvalue weighted by Gasteiger charge is -2.14. The number of aryl methyl sites for hydroxylation is 1. The molecule has 1 aromatic heterocycles. The molecule has 0 radical (unpaired) electrons. The molecular formula is C13H10F3NO3. The maximum atomic E-state index is 13.8. The van der Waals surface area contributed by atoms with Gasteiger partial charge in [-0.15, -0.1) is 0 Å². The van der Waals surface area contributed by atoms with Gasteiger partial charge < -0.3 is 9.67 Å². The predicted molar refractivity (Wildman–Crippen MR) is 65.1 cm³/mol. The number of carboxylic acids is 1. The molecule has 1 aromatic carbocycles. The van der Waals surface area contributed by atoms with Crippen LogP contribution in [0.3, 0.4) is 0 Å². The zero-order valence-corrected chi connectivity index (χ0v) is 10.6. The van der Waals surface area contributed by atoms with Gasteiger partial charge in [-0.1, -0.05) is 0 Å². The molecule has 0 spiro atoms. The van der Waals surface area contributed by atoms with E-state index in [4.69, 9.17) is 5.11 Å². The molecule has 0 aliphatic carbocycles. The minimum atomic E-state index is -1.67. The van der Waals surface area contributed by atoms with Crippen LogP contribution in [-0.4, -0.2) is 15.6 Å². The van der Waals surface area contributed by atoms with E-state index in [0.29, 0.717) is 6.07 Å². The molecule has 0 amide bonds. The Kier molecular flexibility index (Phi) is 3.29. The molecule has 7 heteroatoms. The topological polar surface area (TPSA) is 59.3 Å². The normalized spacial score (nSPS) is 11.1. The van der Waals surface area contributed by atoms with E-state index in [-0.39, 0.29) is 22.2 Å². The van der Waals surface area contributed by atoms with Gasteiger partial charge in [-0.2, -0.15) is 0 Å². The summed E-state index contributed by atoms with van der Waals surface area (Å²) >= 11 is 0. The number of hydrogen-bond acceptors (Lipinski definition) is 2. The Balaban J connectivity index is 3.01. The van der Waals surface area contributed by atoms with Gasteiger partial charge in [0.25, 0.3) is 0 Å². The van der Waals surface area contributed by atoms with Gasteiger partial charge in [0.1, 0.15) is 0 Å². The fourth-order valence-corrected chi connectivity index (χ4v) is 2.14. The summed E-state index contributed by atoms with van der Waals surface area (Å²) < 4.78 is 41.4. The third-order valence-electron chi connectivity index (χ3n) is 3.26. The predicted octanol–water partition coefficient (Wildman–Crippen LogP) is 1.89. The van der Waals surface area contributed by atoms with Gasteiger partial charge in [0, 0.05) is 18.3 Å². The zero-order chi connectivity index (χ0) is 15.2. The second-order valence-electron chi connectivity index (χ2n) is 4.41. The van der Waals surface area contributed by atoms with Crippen LogP contribution in [0, 0.1) is 24.4 Å². The second-order valence-corrected chi connectivity index (χ2v) is 4.41. The summed E-state index contributed by atoms with van der Waals surface area (Å²) in [5, 5.41) is 8.39. The highest BCUT2D eigenvalue weighted by Crippen LogP contribution is 2.22. The molecule has 4 nitrogen and oxygen atoms in total. The van der Waals surface area contributed by atoms with E-state index in [9.17, 15) is 22.8 Å². The van der Waals surface area contributed by atoms with Crippen molar-refractivity contribution in [3.63, 3.8) is 0 Å². The number of rotatable bonds is 2. The molecule has 0 saturated heterocycles. The number of pyridine rings is 1. The highest BCUT2D eigenvalue weighted by atomic mass is 19.2. The summed E-state index contributed by atoms with van der Waals surface area (Å²) in [6.45, 7) is 1.42. The maximum absolute atomic E-state index is 13.8. The first-order chi connectivity index (χ1) is 9.25. The molecule has 0 fully saturated rings. The van der Waals surface area contributed by atoms with Crippen molar-refractivity contribution in [3.8, 4) is 0 Å². The summed E-state index contributed by atoms with van der Waals surface area (Å²) in [7, 11) is 1.35. The van der Waals surface area contributed by atoms with Crippen LogP contribution in [0.4, 0.5) is 13.2 Å². The first-order valence-electron chi connectivity index (χ1n) is 5.63. The van der Waals surface area contributed by atoms with Crippen molar-refractivity contribution in [2.45, 2.75) is 13.3 Å². The minimum absolute atomic E-state index is 0.0853. The van der Waals surface area contributed by atoms with E-state index in [1.807, 2.05) is 0 Å². The fourth-order valence-electron chi connectivity index (χ4n) is 2.14. The van der Waals surface area contributed by atoms with E-state index >= 15 is 0 Å². The molecule has 0 unspecified atom stereocenters. The molecule has 0 atom stereocenters. The summed E-state index contributed by atoms with van der Waals surface area (Å²) in [6.07, 6.45) is -0.574. The van der Waals surface area contributed by atoms with Gasteiger partial charge in [-0.3, -0.25) is 9.59 Å². The third-order valence-corrected chi connectivity index (χ3v) is 3.26. The number of benzene rings is 1. The number of carboxylic acid groups (broad SMARTS) is 1. The van der Waals surface area contributed by atoms with Crippen LogP contribution >= 0.6 is 0 Å². The van der Waals surface area contributed by atoms with Crippen molar-refractivity contribution in [1.29, 1.82) is 0 Å². The number of fused-ring (bicyclic) bond motifs is 1. The molecule has 1 N–H and O–H groups in total. The fraction of sp³-hybridized carbons (Fsp3) is 0.231. The third kappa shape index (κ3) is 1.95. The van der Waals surface area contributed by atoms with Crippen molar-refractivity contribution >= 4 is 16.9 Å². The lowest BCUT2D eigenvalue weighted by Crippen LogP contribution is -2.21. The molecule has 20 heavy (non-hydrogen) atoms. The maximum Gasteiger partial charge on any atom is 0.308 e. The molecule has 2 rings (SSSR count). The molecule has 0 aliphatic rings. The van der Waals surface area contributed by atoms with E-state index in [0.717, 1.165) is 4.57 Å². The summed E-state index contributed by atoms with van der Waals surface area (Å²) in [6, 6.07) is 0.584. The molecule has 1 heterocycles. The number of halogens is 3. The first kappa shape index (κ1) is 14.1. The number of hydrogen-bond donors (Lipinski definition) is 1. The molecule has 0 aliphatic heterocycles. The van der Waals surface area contributed by atoms with Crippen molar-refractivity contribution in [2.24, 2.45) is 7.05 Å². The number of aliphatic carboxylic acids is 1. The van der Waals surface area contributed by atoms with Crippen LogP contribution in [0.25, 0.3) is 10.9 Å². The summed E-state index contributed by atoms with van der Waals surface area (Å²) in [5.41, 5.74) is -1.09. The van der Waals surface area contributed by atoms with Gasteiger partial charge in [0.2, 0.25) is 0 Å². The summed E-state index contributed by atoms with van der Waals surface area (Å²) in [5.74, 6) is -5.87. The number of aromatic nitrogens is 1. The van der Waals surface area contributed by atoms with Crippen LogP contribution in [0.15, 0.2) is 10.9 Å². The molecule has 106 valence electrons. The second kappa shape index (κ2) is 4.66. The average molecular weight is 285 g/mol. The molecular weight excluding hydrogens is 275 g/mol. The van der Waals surface area contributed by atoms with Crippen LogP contribution in [0.2, 0.25) is 0 Å². The quantitative estimate of drug-likeness (QED) is 0.857. The monoisotopic (exact) mass is 285 g/mol. The van der Waals surface area contributed by atoms with Crippen molar-refractivity contribution in [2.75, 3.05) is 0 Å². The zero-order valence-electron chi connectivity index (χ0n) is 10.6. The van der Waals surface area contributed by atoms with Crippen LogP contribution in [0.1, 0.15) is 11.3 Å². The lowest BCUT2D eigenvalue weighted by molar-refractivity contribution is -0.136. The van der Waals surface area contributed by atoms with E-state index in [1.165, 1.54) is 14.0 Å². The lowest BCUT2D eigenvalue weighted by atomic mass is 10.0. The summed E-state index contributed by atoms with van der Waals surface area (Å²) in [4.78, 5) is 22.9. The Labute approximate surface area is 111 Å². The van der Waals surface area contributed by atoms with Gasteiger partial charge >= 0.3 is 5.97 Å². The highest BCUT2D eigenvalue weighted by Gasteiger charge is 2.21. The first-order valence-corrected chi connectivity index (χ1v) is 5.63. The number of nitrogens with zero attached hydrogens (tertiary/aromatic N) is 1. The highest BCUT2D eigenvalue weighted by molar-refractivity contribution is 5.82. The Hall–Kier alpha value is -2.31. The van der Waals surface area contributed by atoms with Gasteiger partial charge in [0.05, 0.1) is 17.3 Å². The van der Waals surface area contributed by atoms with Crippen LogP contribution in [-0.2, 0) is 18.3 Å². The average Bonchev–Trinajstić information content (AvgIpc) is 2.38. The Morgan fingerprint density at radius 1 is 1.30 bits per heavy atom.